The Morgan fingerprint density at radius 2 is 1.74 bits per heavy atom. The first-order chi connectivity index (χ1) is 12.7. The van der Waals surface area contributed by atoms with E-state index in [1.807, 2.05) is 42.3 Å². The summed E-state index contributed by atoms with van der Waals surface area (Å²) in [6, 6.07) is 14.3. The molecule has 0 spiro atoms. The fraction of sp³-hybridized carbons (Fsp3) is 0.435. The number of benzene rings is 2. The molecule has 2 atom stereocenters. The summed E-state index contributed by atoms with van der Waals surface area (Å²) in [5, 5.41) is 10.3. The maximum atomic E-state index is 13.0. The molecular formula is C23H28N2O2. The van der Waals surface area contributed by atoms with Crippen molar-refractivity contribution in [2.24, 2.45) is 5.92 Å². The zero-order valence-corrected chi connectivity index (χ0v) is 16.6. The molecule has 1 saturated heterocycles. The van der Waals surface area contributed by atoms with Gasteiger partial charge >= 0.3 is 0 Å². The SMILES string of the molecule is CN1C[C@H]2CN(C)C(=O)c3cc(-c4cccc(C(C)(C)O)c4)ccc3[C@@H]2C1. The standard InChI is InChI=1S/C23H28N2O2/c1-23(2,27)18-7-5-6-15(10-18)16-8-9-19-20(11-16)22(26)25(4)13-17-12-24(3)14-21(17)19/h5-11,17,21,27H,12-14H2,1-4H3/t17-,21+/m0/s1. The van der Waals surface area contributed by atoms with Crippen LogP contribution in [0.5, 0.6) is 0 Å². The van der Waals surface area contributed by atoms with Crippen molar-refractivity contribution in [3.05, 3.63) is 59.2 Å². The average molecular weight is 364 g/mol. The largest absolute Gasteiger partial charge is 0.386 e. The molecule has 0 radical (unpaired) electrons. The first kappa shape index (κ1) is 18.2. The lowest BCUT2D eigenvalue weighted by Crippen LogP contribution is -2.31. The van der Waals surface area contributed by atoms with Crippen LogP contribution in [0.2, 0.25) is 0 Å². The topological polar surface area (TPSA) is 43.8 Å². The number of rotatable bonds is 2. The van der Waals surface area contributed by atoms with Crippen molar-refractivity contribution in [3.8, 4) is 11.1 Å². The molecule has 2 aromatic carbocycles. The van der Waals surface area contributed by atoms with E-state index < -0.39 is 5.60 Å². The summed E-state index contributed by atoms with van der Waals surface area (Å²) in [4.78, 5) is 17.3. The fourth-order valence-corrected chi connectivity index (χ4v) is 4.59. The number of aliphatic hydroxyl groups is 1. The molecule has 4 nitrogen and oxygen atoms in total. The van der Waals surface area contributed by atoms with Crippen LogP contribution in [-0.2, 0) is 5.60 Å². The highest BCUT2D eigenvalue weighted by Crippen LogP contribution is 2.39. The lowest BCUT2D eigenvalue weighted by atomic mass is 9.85. The van der Waals surface area contributed by atoms with E-state index in [0.29, 0.717) is 11.8 Å². The Morgan fingerprint density at radius 1 is 1.00 bits per heavy atom. The molecule has 0 bridgehead atoms. The molecule has 27 heavy (non-hydrogen) atoms. The lowest BCUT2D eigenvalue weighted by molar-refractivity contribution is 0.0777. The third-order valence-corrected chi connectivity index (χ3v) is 6.06. The van der Waals surface area contributed by atoms with Crippen LogP contribution in [0.4, 0.5) is 0 Å². The van der Waals surface area contributed by atoms with Crippen LogP contribution in [0.1, 0.15) is 41.3 Å². The fourth-order valence-electron chi connectivity index (χ4n) is 4.59. The van der Waals surface area contributed by atoms with Crippen molar-refractivity contribution >= 4 is 5.91 Å². The van der Waals surface area contributed by atoms with Crippen molar-refractivity contribution in [3.63, 3.8) is 0 Å². The lowest BCUT2D eigenvalue weighted by Gasteiger charge is -2.20. The summed E-state index contributed by atoms with van der Waals surface area (Å²) in [6.45, 7) is 6.44. The Labute approximate surface area is 161 Å². The number of likely N-dealkylation sites (tertiary alicyclic amines) is 1. The first-order valence-electron chi connectivity index (χ1n) is 9.65. The molecule has 2 aliphatic rings. The van der Waals surface area contributed by atoms with Gasteiger partial charge in [-0.15, -0.1) is 0 Å². The van der Waals surface area contributed by atoms with Gasteiger partial charge in [0.2, 0.25) is 0 Å². The number of carbonyl (C=O) groups is 1. The van der Waals surface area contributed by atoms with Gasteiger partial charge in [0.25, 0.3) is 5.91 Å². The molecule has 4 rings (SSSR count). The quantitative estimate of drug-likeness (QED) is 0.889. The van der Waals surface area contributed by atoms with Crippen molar-refractivity contribution in [2.75, 3.05) is 33.7 Å². The molecular weight excluding hydrogens is 336 g/mol. The normalized spacial score (nSPS) is 23.1. The second-order valence-electron chi connectivity index (χ2n) is 8.72. The molecule has 4 heteroatoms. The Hall–Kier alpha value is -2.17. The summed E-state index contributed by atoms with van der Waals surface area (Å²) < 4.78 is 0. The molecule has 2 aromatic rings. The van der Waals surface area contributed by atoms with E-state index in [2.05, 4.69) is 24.1 Å². The molecule has 2 aliphatic heterocycles. The third-order valence-electron chi connectivity index (χ3n) is 6.06. The summed E-state index contributed by atoms with van der Waals surface area (Å²) in [5.41, 5.74) is 4.03. The Balaban J connectivity index is 1.79. The van der Waals surface area contributed by atoms with Gasteiger partial charge in [-0.3, -0.25) is 4.79 Å². The van der Waals surface area contributed by atoms with E-state index in [0.717, 1.165) is 41.9 Å². The zero-order valence-electron chi connectivity index (χ0n) is 16.6. The molecule has 2 heterocycles. The Morgan fingerprint density at radius 3 is 2.48 bits per heavy atom. The van der Waals surface area contributed by atoms with Gasteiger partial charge in [-0.2, -0.15) is 0 Å². The number of amides is 1. The van der Waals surface area contributed by atoms with Gasteiger partial charge in [0.1, 0.15) is 0 Å². The Bertz CT molecular complexity index is 884. The average Bonchev–Trinajstić information content (AvgIpc) is 2.96. The number of carbonyl (C=O) groups excluding carboxylic acids is 1. The van der Waals surface area contributed by atoms with Crippen molar-refractivity contribution in [2.45, 2.75) is 25.4 Å². The summed E-state index contributed by atoms with van der Waals surface area (Å²) in [6.07, 6.45) is 0. The number of hydrogen-bond acceptors (Lipinski definition) is 3. The van der Waals surface area contributed by atoms with Gasteiger partial charge in [0.15, 0.2) is 0 Å². The van der Waals surface area contributed by atoms with Crippen molar-refractivity contribution in [1.82, 2.24) is 9.80 Å². The van der Waals surface area contributed by atoms with E-state index in [9.17, 15) is 9.90 Å². The van der Waals surface area contributed by atoms with Crippen LogP contribution in [0.3, 0.4) is 0 Å². The zero-order chi connectivity index (χ0) is 19.3. The third kappa shape index (κ3) is 3.28. The molecule has 1 fully saturated rings. The van der Waals surface area contributed by atoms with Gasteiger partial charge in [-0.1, -0.05) is 30.3 Å². The number of fused-ring (bicyclic) bond motifs is 3. The van der Waals surface area contributed by atoms with Gasteiger partial charge in [-0.25, -0.2) is 0 Å². The Kier molecular flexibility index (Phi) is 4.36. The number of nitrogens with zero attached hydrogens (tertiary/aromatic N) is 2. The second-order valence-corrected chi connectivity index (χ2v) is 8.72. The van der Waals surface area contributed by atoms with Crippen LogP contribution in [0.25, 0.3) is 11.1 Å². The van der Waals surface area contributed by atoms with Crippen LogP contribution in [0.15, 0.2) is 42.5 Å². The van der Waals surface area contributed by atoms with Crippen LogP contribution in [-0.4, -0.2) is 54.5 Å². The summed E-state index contributed by atoms with van der Waals surface area (Å²) >= 11 is 0. The predicted octanol–water partition coefficient (Wildman–Crippen LogP) is 3.31. The highest BCUT2D eigenvalue weighted by atomic mass is 16.3. The molecule has 0 saturated carbocycles. The molecule has 0 aromatic heterocycles. The monoisotopic (exact) mass is 364 g/mol. The van der Waals surface area contributed by atoms with E-state index >= 15 is 0 Å². The molecule has 1 N–H and O–H groups in total. The van der Waals surface area contributed by atoms with Crippen LogP contribution in [0, 0.1) is 5.92 Å². The smallest absolute Gasteiger partial charge is 0.253 e. The molecule has 142 valence electrons. The van der Waals surface area contributed by atoms with Gasteiger partial charge in [0, 0.05) is 38.2 Å². The minimum absolute atomic E-state index is 0.113. The van der Waals surface area contributed by atoms with Crippen molar-refractivity contribution < 1.29 is 9.90 Å². The number of hydrogen-bond donors (Lipinski definition) is 1. The first-order valence-corrected chi connectivity index (χ1v) is 9.65. The van der Waals surface area contributed by atoms with Gasteiger partial charge in [0.05, 0.1) is 5.60 Å². The van der Waals surface area contributed by atoms with Gasteiger partial charge < -0.3 is 14.9 Å². The molecule has 1 amide bonds. The van der Waals surface area contributed by atoms with Gasteiger partial charge in [-0.05, 0) is 61.2 Å². The predicted molar refractivity (Wildman–Crippen MR) is 108 cm³/mol. The second kappa shape index (κ2) is 6.47. The van der Waals surface area contributed by atoms with E-state index in [1.165, 1.54) is 5.56 Å². The molecule has 0 unspecified atom stereocenters. The van der Waals surface area contributed by atoms with Crippen LogP contribution >= 0.6 is 0 Å². The number of likely N-dealkylation sites (N-methyl/N-ethyl adjacent to an activating group) is 1. The maximum Gasteiger partial charge on any atom is 0.253 e. The molecule has 0 aliphatic carbocycles. The van der Waals surface area contributed by atoms with E-state index in [1.54, 1.807) is 13.8 Å². The minimum Gasteiger partial charge on any atom is -0.386 e. The summed E-state index contributed by atoms with van der Waals surface area (Å²) in [7, 11) is 4.07. The van der Waals surface area contributed by atoms with Crippen LogP contribution < -0.4 is 0 Å². The summed E-state index contributed by atoms with van der Waals surface area (Å²) in [5.74, 6) is 1.02. The highest BCUT2D eigenvalue weighted by Gasteiger charge is 2.38. The van der Waals surface area contributed by atoms with E-state index in [4.69, 9.17) is 0 Å². The minimum atomic E-state index is -0.889. The van der Waals surface area contributed by atoms with Crippen molar-refractivity contribution in [1.29, 1.82) is 0 Å². The van der Waals surface area contributed by atoms with E-state index in [-0.39, 0.29) is 5.91 Å². The highest BCUT2D eigenvalue weighted by molar-refractivity contribution is 5.97. The maximum absolute atomic E-state index is 13.0.